The summed E-state index contributed by atoms with van der Waals surface area (Å²) < 4.78 is 7.71. The molecule has 0 bridgehead atoms. The summed E-state index contributed by atoms with van der Waals surface area (Å²) in [6, 6.07) is 18.0. The molecular formula is C27H30N6O2. The fraction of sp³-hybridized carbons (Fsp3) is 0.370. The monoisotopic (exact) mass is 470 g/mol. The topological polar surface area (TPSA) is 79.5 Å². The predicted octanol–water partition coefficient (Wildman–Crippen LogP) is 3.87. The zero-order valence-corrected chi connectivity index (χ0v) is 19.8. The Morgan fingerprint density at radius 2 is 1.71 bits per heavy atom. The average molecular weight is 471 g/mol. The van der Waals surface area contributed by atoms with Gasteiger partial charge in [0.15, 0.2) is 11.5 Å². The number of fused-ring (bicyclic) bond motifs is 1. The Morgan fingerprint density at radius 3 is 2.49 bits per heavy atom. The molecule has 0 saturated carbocycles. The number of aromatic hydroxyl groups is 1. The third-order valence-electron chi connectivity index (χ3n) is 7.00. The molecule has 0 unspecified atom stereocenters. The van der Waals surface area contributed by atoms with Gasteiger partial charge in [0.05, 0.1) is 30.8 Å². The molecule has 0 aliphatic carbocycles. The number of rotatable bonds is 5. The van der Waals surface area contributed by atoms with Crippen molar-refractivity contribution in [2.45, 2.75) is 25.4 Å². The molecule has 0 amide bonds. The van der Waals surface area contributed by atoms with Crippen molar-refractivity contribution < 1.29 is 9.84 Å². The van der Waals surface area contributed by atoms with Gasteiger partial charge >= 0.3 is 0 Å². The second-order valence-electron chi connectivity index (χ2n) is 9.34. The Bertz CT molecular complexity index is 1290. The van der Waals surface area contributed by atoms with Crippen molar-refractivity contribution in [3.8, 4) is 17.1 Å². The van der Waals surface area contributed by atoms with Crippen LogP contribution in [0.15, 0.2) is 60.8 Å². The molecule has 35 heavy (non-hydrogen) atoms. The van der Waals surface area contributed by atoms with Crippen LogP contribution in [0.1, 0.15) is 24.4 Å². The van der Waals surface area contributed by atoms with Crippen molar-refractivity contribution in [3.05, 3.63) is 66.4 Å². The number of phenols is 1. The van der Waals surface area contributed by atoms with Crippen molar-refractivity contribution in [3.63, 3.8) is 0 Å². The molecule has 8 heteroatoms. The fourth-order valence-corrected chi connectivity index (χ4v) is 5.15. The Hall–Kier alpha value is -3.49. The van der Waals surface area contributed by atoms with Gasteiger partial charge in [0, 0.05) is 38.3 Å². The van der Waals surface area contributed by atoms with Crippen LogP contribution in [-0.2, 0) is 11.3 Å². The first-order valence-electron chi connectivity index (χ1n) is 12.4. The minimum atomic E-state index is 0.295. The lowest BCUT2D eigenvalue weighted by atomic mass is 10.0. The van der Waals surface area contributed by atoms with Crippen LogP contribution in [0.5, 0.6) is 5.75 Å². The second kappa shape index (κ2) is 9.64. The quantitative estimate of drug-likeness (QED) is 0.474. The van der Waals surface area contributed by atoms with Crippen molar-refractivity contribution in [2.24, 2.45) is 0 Å². The van der Waals surface area contributed by atoms with E-state index in [9.17, 15) is 5.11 Å². The van der Waals surface area contributed by atoms with Gasteiger partial charge in [-0.2, -0.15) is 5.10 Å². The molecule has 180 valence electrons. The first-order valence-corrected chi connectivity index (χ1v) is 12.4. The highest BCUT2D eigenvalue weighted by atomic mass is 16.5. The van der Waals surface area contributed by atoms with E-state index in [1.54, 1.807) is 6.07 Å². The van der Waals surface area contributed by atoms with Gasteiger partial charge in [0.25, 0.3) is 0 Å². The number of benzene rings is 2. The number of anilines is 1. The first-order chi connectivity index (χ1) is 17.2. The van der Waals surface area contributed by atoms with E-state index in [0.717, 1.165) is 79.4 Å². The average Bonchev–Trinajstić information content (AvgIpc) is 3.34. The molecule has 1 N–H and O–H groups in total. The molecular weight excluding hydrogens is 440 g/mol. The summed E-state index contributed by atoms with van der Waals surface area (Å²) in [4.78, 5) is 14.8. The van der Waals surface area contributed by atoms with Crippen LogP contribution in [0, 0.1) is 0 Å². The number of piperidine rings is 1. The molecule has 0 atom stereocenters. The van der Waals surface area contributed by atoms with Crippen molar-refractivity contribution in [1.82, 2.24) is 24.6 Å². The zero-order valence-electron chi connectivity index (χ0n) is 19.8. The fourth-order valence-electron chi connectivity index (χ4n) is 5.15. The minimum absolute atomic E-state index is 0.295. The van der Waals surface area contributed by atoms with E-state index < -0.39 is 0 Å². The van der Waals surface area contributed by atoms with Gasteiger partial charge < -0.3 is 14.7 Å². The molecule has 2 aliphatic heterocycles. The summed E-state index contributed by atoms with van der Waals surface area (Å²) in [7, 11) is 0. The van der Waals surface area contributed by atoms with Gasteiger partial charge in [0.1, 0.15) is 11.6 Å². The molecule has 2 aromatic carbocycles. The number of likely N-dealkylation sites (tertiary alicyclic amines) is 1. The number of nitrogens with zero attached hydrogens (tertiary/aromatic N) is 6. The molecule has 2 fully saturated rings. The maximum atomic E-state index is 9.78. The summed E-state index contributed by atoms with van der Waals surface area (Å²) in [6.07, 6.45) is 3.95. The lowest BCUT2D eigenvalue weighted by molar-refractivity contribution is 0.122. The van der Waals surface area contributed by atoms with Crippen LogP contribution in [-0.4, -0.2) is 69.1 Å². The number of hydrogen-bond donors (Lipinski definition) is 1. The summed E-state index contributed by atoms with van der Waals surface area (Å²) in [5.41, 5.74) is 3.06. The lowest BCUT2D eigenvalue weighted by Crippen LogP contribution is -2.37. The second-order valence-corrected chi connectivity index (χ2v) is 9.34. The van der Waals surface area contributed by atoms with E-state index in [1.165, 1.54) is 0 Å². The normalized spacial score (nSPS) is 17.8. The number of morpholine rings is 1. The van der Waals surface area contributed by atoms with E-state index in [0.29, 0.717) is 25.0 Å². The maximum absolute atomic E-state index is 9.78. The Kier molecular flexibility index (Phi) is 6.06. The third kappa shape index (κ3) is 4.59. The summed E-state index contributed by atoms with van der Waals surface area (Å²) in [5, 5.41) is 15.6. The highest BCUT2D eigenvalue weighted by Gasteiger charge is 2.26. The van der Waals surface area contributed by atoms with E-state index in [4.69, 9.17) is 19.8 Å². The molecule has 8 nitrogen and oxygen atoms in total. The Labute approximate surface area is 204 Å². The van der Waals surface area contributed by atoms with Gasteiger partial charge in [-0.05, 0) is 30.5 Å². The third-order valence-corrected chi connectivity index (χ3v) is 7.00. The molecule has 6 rings (SSSR count). The minimum Gasteiger partial charge on any atom is -0.508 e. The molecule has 4 aromatic rings. The van der Waals surface area contributed by atoms with Crippen LogP contribution < -0.4 is 4.90 Å². The Balaban J connectivity index is 1.29. The standard InChI is InChI=1S/C27H30N6O2/c34-23-8-4-5-20(17-23)19-31-11-9-22(10-12-31)33-27-24(18-28-33)26(32-13-15-35-16-14-32)29-25(30-27)21-6-2-1-3-7-21/h1-8,17-18,22,34H,9-16,19H2. The van der Waals surface area contributed by atoms with Crippen LogP contribution in [0.3, 0.4) is 0 Å². The summed E-state index contributed by atoms with van der Waals surface area (Å²) in [5.74, 6) is 2.01. The van der Waals surface area contributed by atoms with Crippen LogP contribution in [0.4, 0.5) is 5.82 Å². The van der Waals surface area contributed by atoms with E-state index in [-0.39, 0.29) is 0 Å². The highest BCUT2D eigenvalue weighted by molar-refractivity contribution is 5.89. The Morgan fingerprint density at radius 1 is 0.914 bits per heavy atom. The molecule has 2 aromatic heterocycles. The van der Waals surface area contributed by atoms with Gasteiger partial charge in [-0.3, -0.25) is 4.90 Å². The number of ether oxygens (including phenoxy) is 1. The van der Waals surface area contributed by atoms with Crippen molar-refractivity contribution >= 4 is 16.9 Å². The highest BCUT2D eigenvalue weighted by Crippen LogP contribution is 2.32. The number of phenolic OH excluding ortho intramolecular Hbond substituents is 1. The van der Waals surface area contributed by atoms with E-state index in [2.05, 4.69) is 32.7 Å². The first kappa shape index (κ1) is 22.0. The summed E-state index contributed by atoms with van der Waals surface area (Å²) >= 11 is 0. The van der Waals surface area contributed by atoms with Crippen LogP contribution >= 0.6 is 0 Å². The maximum Gasteiger partial charge on any atom is 0.164 e. The number of hydrogen-bond acceptors (Lipinski definition) is 7. The molecule has 0 radical (unpaired) electrons. The molecule has 2 aliphatic rings. The zero-order chi connectivity index (χ0) is 23.6. The lowest BCUT2D eigenvalue weighted by Gasteiger charge is -2.32. The SMILES string of the molecule is Oc1cccc(CN2CCC(n3ncc4c(N5CCOCC5)nc(-c5ccccc5)nc43)CC2)c1. The van der Waals surface area contributed by atoms with Crippen LogP contribution in [0.25, 0.3) is 22.4 Å². The molecule has 2 saturated heterocycles. The summed E-state index contributed by atoms with van der Waals surface area (Å²) in [6.45, 7) is 5.86. The molecule has 0 spiro atoms. The largest absolute Gasteiger partial charge is 0.508 e. The van der Waals surface area contributed by atoms with Gasteiger partial charge in [-0.1, -0.05) is 42.5 Å². The predicted molar refractivity (Wildman–Crippen MR) is 135 cm³/mol. The van der Waals surface area contributed by atoms with E-state index in [1.807, 2.05) is 36.5 Å². The van der Waals surface area contributed by atoms with Crippen molar-refractivity contribution in [1.29, 1.82) is 0 Å². The number of aromatic nitrogens is 4. The van der Waals surface area contributed by atoms with Crippen LogP contribution in [0.2, 0.25) is 0 Å². The van der Waals surface area contributed by atoms with E-state index >= 15 is 0 Å². The van der Waals surface area contributed by atoms with Crippen molar-refractivity contribution in [2.75, 3.05) is 44.3 Å². The van der Waals surface area contributed by atoms with Gasteiger partial charge in [0.2, 0.25) is 0 Å². The van der Waals surface area contributed by atoms with Gasteiger partial charge in [-0.15, -0.1) is 0 Å². The van der Waals surface area contributed by atoms with Gasteiger partial charge in [-0.25, -0.2) is 14.6 Å². The molecule has 4 heterocycles. The smallest absolute Gasteiger partial charge is 0.164 e.